The van der Waals surface area contributed by atoms with Gasteiger partial charge in [-0.1, -0.05) is 37.5 Å². The third-order valence-electron chi connectivity index (χ3n) is 5.59. The minimum absolute atomic E-state index is 0. The standard InChI is InChI=1S/C20H32N4OS.HI/c1-25-15-17-7-3-4-8-18(17)23-19(21)22-16-20(9-5-2-6-10-20)24-11-13-26-14-12-24;/h3-4,7-8H,2,5-6,9-16H2,1H3,(H3,21,22,23);1H. The van der Waals surface area contributed by atoms with Crippen LogP contribution >= 0.6 is 35.7 Å². The summed E-state index contributed by atoms with van der Waals surface area (Å²) in [6.45, 7) is 3.73. The summed E-state index contributed by atoms with van der Waals surface area (Å²) in [5.41, 5.74) is 8.52. The van der Waals surface area contributed by atoms with Gasteiger partial charge in [-0.05, 0) is 18.9 Å². The van der Waals surface area contributed by atoms with Crippen LogP contribution in [-0.2, 0) is 11.3 Å². The minimum atomic E-state index is 0. The highest BCUT2D eigenvalue weighted by molar-refractivity contribution is 14.0. The quantitative estimate of drug-likeness (QED) is 0.349. The fourth-order valence-electron chi connectivity index (χ4n) is 4.16. The SMILES string of the molecule is COCc1ccccc1NC(N)=NCC1(N2CCSCC2)CCCCC1.I. The van der Waals surface area contributed by atoms with Crippen LogP contribution in [0.1, 0.15) is 37.7 Å². The number of aliphatic imine (C=N–C) groups is 1. The van der Waals surface area contributed by atoms with Crippen molar-refractivity contribution in [1.29, 1.82) is 0 Å². The fraction of sp³-hybridized carbons (Fsp3) is 0.650. The first-order valence-corrected chi connectivity index (χ1v) is 10.9. The average molecular weight is 504 g/mol. The average Bonchev–Trinajstić information content (AvgIpc) is 2.70. The molecule has 1 aliphatic heterocycles. The Bertz CT molecular complexity index is 601. The molecule has 2 fully saturated rings. The Morgan fingerprint density at radius 3 is 2.63 bits per heavy atom. The smallest absolute Gasteiger partial charge is 0.193 e. The van der Waals surface area contributed by atoms with Crippen LogP contribution in [0.15, 0.2) is 29.3 Å². The van der Waals surface area contributed by atoms with Gasteiger partial charge in [-0.2, -0.15) is 11.8 Å². The number of hydrogen-bond donors (Lipinski definition) is 2. The van der Waals surface area contributed by atoms with Gasteiger partial charge in [-0.15, -0.1) is 24.0 Å². The van der Waals surface area contributed by atoms with Gasteiger partial charge in [0.25, 0.3) is 0 Å². The molecule has 7 heteroatoms. The van der Waals surface area contributed by atoms with Crippen molar-refractivity contribution in [1.82, 2.24) is 4.90 Å². The van der Waals surface area contributed by atoms with E-state index in [1.54, 1.807) is 7.11 Å². The molecule has 1 heterocycles. The van der Waals surface area contributed by atoms with E-state index in [1.807, 2.05) is 24.3 Å². The molecule has 3 N–H and O–H groups in total. The van der Waals surface area contributed by atoms with E-state index >= 15 is 0 Å². The van der Waals surface area contributed by atoms with Crippen LogP contribution in [0.2, 0.25) is 0 Å². The van der Waals surface area contributed by atoms with E-state index in [0.717, 1.165) is 17.8 Å². The molecular weight excluding hydrogens is 471 g/mol. The van der Waals surface area contributed by atoms with Crippen molar-refractivity contribution < 1.29 is 4.74 Å². The van der Waals surface area contributed by atoms with Crippen LogP contribution in [-0.4, -0.2) is 54.6 Å². The van der Waals surface area contributed by atoms with Crippen LogP contribution in [0.4, 0.5) is 5.69 Å². The summed E-state index contributed by atoms with van der Waals surface area (Å²) in [5.74, 6) is 2.98. The van der Waals surface area contributed by atoms with Gasteiger partial charge in [0, 0.05) is 48.5 Å². The summed E-state index contributed by atoms with van der Waals surface area (Å²) in [6.07, 6.45) is 6.46. The number of benzene rings is 1. The molecule has 0 spiro atoms. The Labute approximate surface area is 184 Å². The van der Waals surface area contributed by atoms with Gasteiger partial charge in [0.1, 0.15) is 0 Å². The molecule has 5 nitrogen and oxygen atoms in total. The highest BCUT2D eigenvalue weighted by Crippen LogP contribution is 2.35. The molecule has 0 amide bonds. The van der Waals surface area contributed by atoms with Crippen LogP contribution in [0.5, 0.6) is 0 Å². The van der Waals surface area contributed by atoms with Gasteiger partial charge in [-0.3, -0.25) is 9.89 Å². The number of anilines is 1. The highest BCUT2D eigenvalue weighted by Gasteiger charge is 2.38. The number of para-hydroxylation sites is 1. The molecule has 152 valence electrons. The van der Waals surface area contributed by atoms with Crippen molar-refractivity contribution in [3.05, 3.63) is 29.8 Å². The van der Waals surface area contributed by atoms with Gasteiger partial charge in [0.2, 0.25) is 0 Å². The Kier molecular flexibility index (Phi) is 9.69. The van der Waals surface area contributed by atoms with E-state index in [1.165, 1.54) is 56.7 Å². The lowest BCUT2D eigenvalue weighted by Gasteiger charge is -2.47. The first kappa shape index (κ1) is 22.8. The summed E-state index contributed by atoms with van der Waals surface area (Å²) in [7, 11) is 1.71. The molecule has 1 aliphatic carbocycles. The number of halogens is 1. The summed E-state index contributed by atoms with van der Waals surface area (Å²) < 4.78 is 5.27. The van der Waals surface area contributed by atoms with Crippen molar-refractivity contribution in [2.45, 2.75) is 44.2 Å². The number of thioether (sulfide) groups is 1. The Balaban J connectivity index is 0.00000261. The van der Waals surface area contributed by atoms with Crippen molar-refractivity contribution in [2.24, 2.45) is 10.7 Å². The van der Waals surface area contributed by atoms with Crippen molar-refractivity contribution in [2.75, 3.05) is 43.6 Å². The summed E-state index contributed by atoms with van der Waals surface area (Å²) in [6, 6.07) is 8.09. The summed E-state index contributed by atoms with van der Waals surface area (Å²) in [4.78, 5) is 7.48. The fourth-order valence-corrected chi connectivity index (χ4v) is 5.06. The molecule has 0 bridgehead atoms. The number of ether oxygens (including phenoxy) is 1. The van der Waals surface area contributed by atoms with Gasteiger partial charge < -0.3 is 15.8 Å². The normalized spacial score (nSPS) is 20.7. The monoisotopic (exact) mass is 504 g/mol. The van der Waals surface area contributed by atoms with Crippen LogP contribution in [0.3, 0.4) is 0 Å². The third-order valence-corrected chi connectivity index (χ3v) is 6.53. The molecule has 0 atom stereocenters. The van der Waals surface area contributed by atoms with Gasteiger partial charge >= 0.3 is 0 Å². The van der Waals surface area contributed by atoms with Crippen molar-refractivity contribution >= 4 is 47.4 Å². The summed E-state index contributed by atoms with van der Waals surface area (Å²) >= 11 is 2.07. The maximum atomic E-state index is 6.25. The molecule has 0 radical (unpaired) electrons. The minimum Gasteiger partial charge on any atom is -0.380 e. The Morgan fingerprint density at radius 2 is 1.93 bits per heavy atom. The molecule has 1 saturated heterocycles. The lowest BCUT2D eigenvalue weighted by Crippen LogP contribution is -2.55. The predicted molar refractivity (Wildman–Crippen MR) is 127 cm³/mol. The largest absolute Gasteiger partial charge is 0.380 e. The van der Waals surface area contributed by atoms with Gasteiger partial charge in [0.15, 0.2) is 5.96 Å². The van der Waals surface area contributed by atoms with E-state index in [0.29, 0.717) is 12.6 Å². The molecule has 3 rings (SSSR count). The van der Waals surface area contributed by atoms with Gasteiger partial charge in [-0.25, -0.2) is 0 Å². The first-order valence-electron chi connectivity index (χ1n) is 9.70. The second-order valence-electron chi connectivity index (χ2n) is 7.30. The maximum absolute atomic E-state index is 6.25. The topological polar surface area (TPSA) is 62.9 Å². The number of rotatable bonds is 6. The van der Waals surface area contributed by atoms with Crippen LogP contribution < -0.4 is 11.1 Å². The maximum Gasteiger partial charge on any atom is 0.193 e. The molecule has 1 aromatic carbocycles. The number of nitrogens with two attached hydrogens (primary N) is 1. The van der Waals surface area contributed by atoms with Crippen LogP contribution in [0.25, 0.3) is 0 Å². The zero-order chi connectivity index (χ0) is 18.2. The van der Waals surface area contributed by atoms with Crippen LogP contribution in [0, 0.1) is 0 Å². The lowest BCUT2D eigenvalue weighted by molar-refractivity contribution is 0.0673. The molecule has 2 aliphatic rings. The number of nitrogens with one attached hydrogen (secondary N) is 1. The third kappa shape index (κ3) is 6.24. The molecular formula is C20H33IN4OS. The van der Waals surface area contributed by atoms with Gasteiger partial charge in [0.05, 0.1) is 13.2 Å². The zero-order valence-electron chi connectivity index (χ0n) is 16.3. The van der Waals surface area contributed by atoms with E-state index in [4.69, 9.17) is 15.5 Å². The Hall–Kier alpha value is -0.510. The van der Waals surface area contributed by atoms with Crippen molar-refractivity contribution in [3.63, 3.8) is 0 Å². The predicted octanol–water partition coefficient (Wildman–Crippen LogP) is 3.93. The molecule has 27 heavy (non-hydrogen) atoms. The molecule has 1 aromatic rings. The Morgan fingerprint density at radius 1 is 1.22 bits per heavy atom. The first-order chi connectivity index (χ1) is 12.7. The van der Waals surface area contributed by atoms with E-state index in [-0.39, 0.29) is 29.5 Å². The second-order valence-corrected chi connectivity index (χ2v) is 8.53. The van der Waals surface area contributed by atoms with E-state index in [9.17, 15) is 0 Å². The second kappa shape index (κ2) is 11.5. The van der Waals surface area contributed by atoms with E-state index < -0.39 is 0 Å². The highest BCUT2D eigenvalue weighted by atomic mass is 127. The number of methoxy groups -OCH3 is 1. The number of guanidine groups is 1. The molecule has 1 saturated carbocycles. The lowest BCUT2D eigenvalue weighted by atomic mass is 9.80. The molecule has 0 aromatic heterocycles. The van der Waals surface area contributed by atoms with E-state index in [2.05, 4.69) is 22.0 Å². The number of hydrogen-bond acceptors (Lipinski definition) is 4. The number of nitrogens with zero attached hydrogens (tertiary/aromatic N) is 2. The van der Waals surface area contributed by atoms with Crippen molar-refractivity contribution in [3.8, 4) is 0 Å². The zero-order valence-corrected chi connectivity index (χ0v) is 19.4. The summed E-state index contributed by atoms with van der Waals surface area (Å²) in [5, 5.41) is 3.28. The molecule has 0 unspecified atom stereocenters.